The van der Waals surface area contributed by atoms with E-state index in [4.69, 9.17) is 10.3 Å². The van der Waals surface area contributed by atoms with Crippen LogP contribution < -0.4 is 11.1 Å². The predicted octanol–water partition coefficient (Wildman–Crippen LogP) is 0.640. The smallest absolute Gasteiger partial charge is 0.248 e. The Morgan fingerprint density at radius 3 is 3.00 bits per heavy atom. The van der Waals surface area contributed by atoms with E-state index < -0.39 is 5.91 Å². The van der Waals surface area contributed by atoms with Crippen LogP contribution in [-0.4, -0.2) is 22.6 Å². The Morgan fingerprint density at radius 1 is 1.47 bits per heavy atom. The lowest BCUT2D eigenvalue weighted by Gasteiger charge is -2.06. The summed E-state index contributed by atoms with van der Waals surface area (Å²) in [4.78, 5) is 14.9. The SMILES string of the molecule is NC(=O)c1ccc(F)c(CNCCc2ncno2)c1. The van der Waals surface area contributed by atoms with Crippen molar-refractivity contribution in [3.63, 3.8) is 0 Å². The molecule has 2 aromatic rings. The van der Waals surface area contributed by atoms with E-state index in [1.165, 1.54) is 24.5 Å². The van der Waals surface area contributed by atoms with Gasteiger partial charge in [-0.1, -0.05) is 5.16 Å². The van der Waals surface area contributed by atoms with Crippen LogP contribution in [0.5, 0.6) is 0 Å². The summed E-state index contributed by atoms with van der Waals surface area (Å²) < 4.78 is 18.3. The Balaban J connectivity index is 1.88. The van der Waals surface area contributed by atoms with E-state index in [0.29, 0.717) is 31.0 Å². The third kappa shape index (κ3) is 3.59. The van der Waals surface area contributed by atoms with E-state index in [1.54, 1.807) is 0 Å². The molecule has 0 saturated heterocycles. The topological polar surface area (TPSA) is 94.0 Å². The van der Waals surface area contributed by atoms with Crippen molar-refractivity contribution in [3.8, 4) is 0 Å². The van der Waals surface area contributed by atoms with Gasteiger partial charge in [-0.2, -0.15) is 4.98 Å². The van der Waals surface area contributed by atoms with Crippen molar-refractivity contribution in [1.29, 1.82) is 0 Å². The van der Waals surface area contributed by atoms with Crippen LogP contribution >= 0.6 is 0 Å². The minimum Gasteiger partial charge on any atom is -0.366 e. The average Bonchev–Trinajstić information content (AvgIpc) is 2.89. The normalized spacial score (nSPS) is 10.6. The maximum absolute atomic E-state index is 13.5. The second-order valence-electron chi connectivity index (χ2n) is 3.93. The van der Waals surface area contributed by atoms with Crippen molar-refractivity contribution in [1.82, 2.24) is 15.5 Å². The monoisotopic (exact) mass is 264 g/mol. The van der Waals surface area contributed by atoms with E-state index in [9.17, 15) is 9.18 Å². The quantitative estimate of drug-likeness (QED) is 0.747. The van der Waals surface area contributed by atoms with Crippen LogP contribution in [-0.2, 0) is 13.0 Å². The zero-order valence-electron chi connectivity index (χ0n) is 10.1. The standard InChI is InChI=1S/C12H13FN4O2/c13-10-2-1-8(12(14)18)5-9(10)6-15-4-3-11-16-7-17-19-11/h1-2,5,7,15H,3-4,6H2,(H2,14,18). The molecule has 6 nitrogen and oxygen atoms in total. The number of nitrogens with one attached hydrogen (secondary N) is 1. The van der Waals surface area contributed by atoms with Gasteiger partial charge in [0.15, 0.2) is 6.33 Å². The van der Waals surface area contributed by atoms with Crippen molar-refractivity contribution in [3.05, 3.63) is 47.4 Å². The number of aromatic nitrogens is 2. The molecule has 1 aromatic heterocycles. The summed E-state index contributed by atoms with van der Waals surface area (Å²) in [5.74, 6) is -0.443. The number of rotatable bonds is 6. The summed E-state index contributed by atoms with van der Waals surface area (Å²) in [7, 11) is 0. The number of carbonyl (C=O) groups excluding carboxylic acids is 1. The van der Waals surface area contributed by atoms with Crippen LogP contribution in [0.25, 0.3) is 0 Å². The summed E-state index contributed by atoms with van der Waals surface area (Å²) in [6.45, 7) is 0.851. The van der Waals surface area contributed by atoms with Crippen LogP contribution in [0.3, 0.4) is 0 Å². The lowest BCUT2D eigenvalue weighted by Crippen LogP contribution is -2.18. The Labute approximate surface area is 108 Å². The third-order valence-electron chi connectivity index (χ3n) is 2.57. The molecule has 1 amide bonds. The first-order valence-electron chi connectivity index (χ1n) is 5.71. The van der Waals surface area contributed by atoms with Gasteiger partial charge in [-0.25, -0.2) is 4.39 Å². The summed E-state index contributed by atoms with van der Waals surface area (Å²) >= 11 is 0. The number of primary amides is 1. The van der Waals surface area contributed by atoms with Gasteiger partial charge in [0.2, 0.25) is 11.8 Å². The molecule has 0 saturated carbocycles. The van der Waals surface area contributed by atoms with Crippen molar-refractivity contribution in [2.75, 3.05) is 6.54 Å². The second kappa shape index (κ2) is 6.05. The zero-order chi connectivity index (χ0) is 13.7. The molecule has 0 aliphatic rings. The van der Waals surface area contributed by atoms with Crippen LogP contribution in [0.2, 0.25) is 0 Å². The molecule has 1 aromatic carbocycles. The fourth-order valence-electron chi connectivity index (χ4n) is 1.59. The van der Waals surface area contributed by atoms with Gasteiger partial charge in [-0.05, 0) is 18.2 Å². The fraction of sp³-hybridized carbons (Fsp3) is 0.250. The zero-order valence-corrected chi connectivity index (χ0v) is 10.1. The highest BCUT2D eigenvalue weighted by atomic mass is 19.1. The molecule has 3 N–H and O–H groups in total. The molecule has 7 heteroatoms. The Kier molecular flexibility index (Phi) is 4.19. The Hall–Kier alpha value is -2.28. The van der Waals surface area contributed by atoms with Gasteiger partial charge in [0.05, 0.1) is 0 Å². The molecule has 100 valence electrons. The van der Waals surface area contributed by atoms with Crippen LogP contribution in [0.4, 0.5) is 4.39 Å². The molecule has 0 radical (unpaired) electrons. The van der Waals surface area contributed by atoms with Gasteiger partial charge in [0, 0.05) is 30.6 Å². The van der Waals surface area contributed by atoms with Gasteiger partial charge in [-0.3, -0.25) is 4.79 Å². The first kappa shape index (κ1) is 13.2. The largest absolute Gasteiger partial charge is 0.366 e. The van der Waals surface area contributed by atoms with Crippen LogP contribution in [0.15, 0.2) is 29.0 Å². The number of amides is 1. The van der Waals surface area contributed by atoms with Gasteiger partial charge in [0.1, 0.15) is 5.82 Å². The molecule has 19 heavy (non-hydrogen) atoms. The molecular formula is C12H13FN4O2. The molecule has 0 bridgehead atoms. The number of nitrogens with two attached hydrogens (primary N) is 1. The summed E-state index contributed by atoms with van der Waals surface area (Å²) in [5, 5.41) is 6.51. The fourth-order valence-corrected chi connectivity index (χ4v) is 1.59. The lowest BCUT2D eigenvalue weighted by molar-refractivity contribution is 0.1000. The van der Waals surface area contributed by atoms with E-state index in [2.05, 4.69) is 15.5 Å². The minimum absolute atomic E-state index is 0.287. The van der Waals surface area contributed by atoms with Gasteiger partial charge in [-0.15, -0.1) is 0 Å². The number of hydrogen-bond donors (Lipinski definition) is 2. The van der Waals surface area contributed by atoms with Gasteiger partial charge < -0.3 is 15.6 Å². The second-order valence-corrected chi connectivity index (χ2v) is 3.93. The maximum Gasteiger partial charge on any atom is 0.248 e. The molecule has 1 heterocycles. The molecule has 0 aliphatic heterocycles. The molecule has 0 spiro atoms. The summed E-state index contributed by atoms with van der Waals surface area (Å²) in [5.41, 5.74) is 5.82. The maximum atomic E-state index is 13.5. The van der Waals surface area contributed by atoms with E-state index in [0.717, 1.165) is 0 Å². The van der Waals surface area contributed by atoms with Crippen molar-refractivity contribution < 1.29 is 13.7 Å². The first-order chi connectivity index (χ1) is 9.16. The molecular weight excluding hydrogens is 251 g/mol. The number of benzene rings is 1. The molecule has 0 atom stereocenters. The van der Waals surface area contributed by atoms with E-state index in [1.807, 2.05) is 0 Å². The molecule has 0 aliphatic carbocycles. The van der Waals surface area contributed by atoms with Crippen molar-refractivity contribution in [2.45, 2.75) is 13.0 Å². The molecule has 0 unspecified atom stereocenters. The highest BCUT2D eigenvalue weighted by Crippen LogP contribution is 2.10. The van der Waals surface area contributed by atoms with Crippen LogP contribution in [0.1, 0.15) is 21.8 Å². The highest BCUT2D eigenvalue weighted by molar-refractivity contribution is 5.92. The minimum atomic E-state index is -0.577. The van der Waals surface area contributed by atoms with Gasteiger partial charge >= 0.3 is 0 Å². The highest BCUT2D eigenvalue weighted by Gasteiger charge is 2.07. The van der Waals surface area contributed by atoms with Crippen LogP contribution in [0, 0.1) is 5.82 Å². The van der Waals surface area contributed by atoms with E-state index >= 15 is 0 Å². The number of halogens is 1. The molecule has 0 fully saturated rings. The number of hydrogen-bond acceptors (Lipinski definition) is 5. The van der Waals surface area contributed by atoms with Gasteiger partial charge in [0.25, 0.3) is 0 Å². The Morgan fingerprint density at radius 2 is 2.32 bits per heavy atom. The number of carbonyl (C=O) groups is 1. The lowest BCUT2D eigenvalue weighted by atomic mass is 10.1. The third-order valence-corrected chi connectivity index (χ3v) is 2.57. The van der Waals surface area contributed by atoms with E-state index in [-0.39, 0.29) is 11.4 Å². The average molecular weight is 264 g/mol. The molecule has 2 rings (SSSR count). The predicted molar refractivity (Wildman–Crippen MR) is 64.6 cm³/mol. The summed E-state index contributed by atoms with van der Waals surface area (Å²) in [6, 6.07) is 4.03. The summed E-state index contributed by atoms with van der Waals surface area (Å²) in [6.07, 6.45) is 1.88. The van der Waals surface area contributed by atoms with Crippen molar-refractivity contribution >= 4 is 5.91 Å². The number of nitrogens with zero attached hydrogens (tertiary/aromatic N) is 2. The first-order valence-corrected chi connectivity index (χ1v) is 5.71. The Bertz CT molecular complexity index is 557. The van der Waals surface area contributed by atoms with Crippen molar-refractivity contribution in [2.24, 2.45) is 5.73 Å².